The first-order chi connectivity index (χ1) is 16.3. The van der Waals surface area contributed by atoms with Gasteiger partial charge in [0.15, 0.2) is 11.0 Å². The molecule has 4 aromatic rings. The summed E-state index contributed by atoms with van der Waals surface area (Å²) in [6.45, 7) is 11.6. The molecule has 6 nitrogen and oxygen atoms in total. The fraction of sp³-hybridized carbons (Fsp3) is 0.370. The van der Waals surface area contributed by atoms with Crippen LogP contribution in [0.3, 0.4) is 0 Å². The lowest BCUT2D eigenvalue weighted by molar-refractivity contribution is 0.415. The zero-order chi connectivity index (χ0) is 24.4. The molecule has 2 aromatic carbocycles. The molecular formula is C27H31N3O3S. The minimum absolute atomic E-state index is 0.331. The molecule has 0 spiro atoms. The van der Waals surface area contributed by atoms with Gasteiger partial charge in [-0.1, -0.05) is 39.5 Å². The number of rotatable bonds is 8. The van der Waals surface area contributed by atoms with Crippen LogP contribution in [0.4, 0.5) is 0 Å². The first-order valence-electron chi connectivity index (χ1n) is 11.5. The fourth-order valence-electron chi connectivity index (χ4n) is 4.15. The smallest absolute Gasteiger partial charge is 0.336 e. The van der Waals surface area contributed by atoms with Crippen LogP contribution in [0.1, 0.15) is 50.3 Å². The fourth-order valence-corrected chi connectivity index (χ4v) is 5.09. The topological polar surface area (TPSA) is 70.2 Å². The first kappa shape index (κ1) is 24.1. The molecule has 0 amide bonds. The van der Waals surface area contributed by atoms with Gasteiger partial charge in [0.1, 0.15) is 11.3 Å². The number of thioether (sulfide) groups is 1. The van der Waals surface area contributed by atoms with Crippen LogP contribution in [0.5, 0.6) is 5.75 Å². The number of nitrogens with zero attached hydrogens (tertiary/aromatic N) is 3. The van der Waals surface area contributed by atoms with E-state index in [0.29, 0.717) is 23.2 Å². The van der Waals surface area contributed by atoms with Crippen LogP contribution < -0.4 is 10.4 Å². The Balaban J connectivity index is 1.70. The van der Waals surface area contributed by atoms with Crippen molar-refractivity contribution in [2.45, 2.75) is 58.0 Å². The summed E-state index contributed by atoms with van der Waals surface area (Å²) in [7, 11) is 1.66. The van der Waals surface area contributed by atoms with E-state index in [-0.39, 0.29) is 5.63 Å². The van der Waals surface area contributed by atoms with Gasteiger partial charge in [0, 0.05) is 29.3 Å². The van der Waals surface area contributed by atoms with Crippen molar-refractivity contribution in [2.75, 3.05) is 7.11 Å². The van der Waals surface area contributed by atoms with Crippen LogP contribution in [0.15, 0.2) is 56.8 Å². The lowest BCUT2D eigenvalue weighted by Crippen LogP contribution is -2.08. The van der Waals surface area contributed by atoms with E-state index < -0.39 is 0 Å². The van der Waals surface area contributed by atoms with Crippen molar-refractivity contribution in [1.82, 2.24) is 14.8 Å². The van der Waals surface area contributed by atoms with E-state index in [1.807, 2.05) is 30.3 Å². The first-order valence-corrected chi connectivity index (χ1v) is 12.5. The minimum atomic E-state index is -0.331. The average molecular weight is 478 g/mol. The van der Waals surface area contributed by atoms with Gasteiger partial charge in [-0.15, -0.1) is 10.2 Å². The van der Waals surface area contributed by atoms with Gasteiger partial charge >= 0.3 is 5.63 Å². The number of benzene rings is 2. The predicted octanol–water partition coefficient (Wildman–Crippen LogP) is 6.44. The van der Waals surface area contributed by atoms with Gasteiger partial charge in [0.05, 0.1) is 7.11 Å². The van der Waals surface area contributed by atoms with Crippen molar-refractivity contribution in [3.8, 4) is 17.1 Å². The molecule has 4 rings (SSSR count). The summed E-state index contributed by atoms with van der Waals surface area (Å²) in [5.41, 5.74) is 4.63. The largest absolute Gasteiger partial charge is 0.497 e. The lowest BCUT2D eigenvalue weighted by atomic mass is 9.95. The Morgan fingerprint density at radius 1 is 1.06 bits per heavy atom. The van der Waals surface area contributed by atoms with Crippen LogP contribution in [-0.2, 0) is 12.3 Å². The van der Waals surface area contributed by atoms with Gasteiger partial charge in [0.25, 0.3) is 0 Å². The summed E-state index contributed by atoms with van der Waals surface area (Å²) in [5.74, 6) is 3.04. The molecule has 0 aliphatic carbocycles. The van der Waals surface area contributed by atoms with Crippen LogP contribution >= 0.6 is 11.8 Å². The third kappa shape index (κ3) is 5.04. The van der Waals surface area contributed by atoms with Crippen LogP contribution in [-0.4, -0.2) is 21.9 Å². The predicted molar refractivity (Wildman–Crippen MR) is 138 cm³/mol. The summed E-state index contributed by atoms with van der Waals surface area (Å²) < 4.78 is 13.0. The normalized spacial score (nSPS) is 11.6. The zero-order valence-electron chi connectivity index (χ0n) is 20.6. The van der Waals surface area contributed by atoms with E-state index in [2.05, 4.69) is 55.4 Å². The second kappa shape index (κ2) is 10.1. The van der Waals surface area contributed by atoms with Crippen LogP contribution in [0, 0.1) is 12.8 Å². The second-order valence-corrected chi connectivity index (χ2v) is 10.2. The maximum atomic E-state index is 12.3. The molecule has 0 saturated heterocycles. The van der Waals surface area contributed by atoms with Crippen LogP contribution in [0.2, 0.25) is 0 Å². The maximum absolute atomic E-state index is 12.3. The van der Waals surface area contributed by atoms with Gasteiger partial charge in [0.2, 0.25) is 0 Å². The van der Waals surface area contributed by atoms with Gasteiger partial charge in [-0.25, -0.2) is 4.79 Å². The Labute approximate surface area is 204 Å². The highest BCUT2D eigenvalue weighted by atomic mass is 32.2. The summed E-state index contributed by atoms with van der Waals surface area (Å²) in [4.78, 5) is 12.3. The Morgan fingerprint density at radius 2 is 1.79 bits per heavy atom. The number of aryl methyl sites for hydroxylation is 1. The third-order valence-corrected chi connectivity index (χ3v) is 6.82. The monoisotopic (exact) mass is 477 g/mol. The molecule has 2 aromatic heterocycles. The molecule has 34 heavy (non-hydrogen) atoms. The molecule has 0 radical (unpaired) electrons. The number of methoxy groups -OCH3 is 1. The number of hydrogen-bond acceptors (Lipinski definition) is 6. The Hall–Kier alpha value is -3.06. The van der Waals surface area contributed by atoms with Gasteiger partial charge in [-0.3, -0.25) is 0 Å². The van der Waals surface area contributed by atoms with E-state index >= 15 is 0 Å². The third-order valence-electron chi connectivity index (χ3n) is 5.81. The quantitative estimate of drug-likeness (QED) is 0.215. The molecule has 0 N–H and O–H groups in total. The summed E-state index contributed by atoms with van der Waals surface area (Å²) >= 11 is 1.59. The molecule has 7 heteroatoms. The van der Waals surface area contributed by atoms with E-state index in [0.717, 1.165) is 45.4 Å². The molecule has 0 unspecified atom stereocenters. The molecular weight excluding hydrogens is 446 g/mol. The number of fused-ring (bicyclic) bond motifs is 1. The number of ether oxygens (including phenoxy) is 1. The Morgan fingerprint density at radius 3 is 2.44 bits per heavy atom. The maximum Gasteiger partial charge on any atom is 0.336 e. The van der Waals surface area contributed by atoms with Crippen molar-refractivity contribution in [3.63, 3.8) is 0 Å². The standard InChI is InChI=1S/C27H31N3O3S/c1-16(2)14-30-26(19-7-9-21(32-6)10-8-19)28-29-27(30)34-15-20-12-25(31)33-24-11-18(5)22(17(3)4)13-23(20)24/h7-13,16-17H,14-15H2,1-6H3. The highest BCUT2D eigenvalue weighted by Crippen LogP contribution is 2.32. The highest BCUT2D eigenvalue weighted by Gasteiger charge is 2.17. The SMILES string of the molecule is COc1ccc(-c2nnc(SCc3cc(=O)oc4cc(C)c(C(C)C)cc34)n2CC(C)C)cc1. The van der Waals surface area contributed by atoms with E-state index in [1.165, 1.54) is 5.56 Å². The molecule has 0 atom stereocenters. The number of hydrogen-bond donors (Lipinski definition) is 0. The molecule has 0 aliphatic heterocycles. The van der Waals surface area contributed by atoms with Crippen molar-refractivity contribution < 1.29 is 9.15 Å². The van der Waals surface area contributed by atoms with E-state index in [1.54, 1.807) is 24.9 Å². The second-order valence-electron chi connectivity index (χ2n) is 9.28. The Bertz CT molecular complexity index is 1350. The summed E-state index contributed by atoms with van der Waals surface area (Å²) in [6, 6.07) is 13.6. The van der Waals surface area contributed by atoms with Crippen molar-refractivity contribution in [1.29, 1.82) is 0 Å². The van der Waals surface area contributed by atoms with E-state index in [4.69, 9.17) is 9.15 Å². The zero-order valence-corrected chi connectivity index (χ0v) is 21.4. The lowest BCUT2D eigenvalue weighted by Gasteiger charge is -2.14. The summed E-state index contributed by atoms with van der Waals surface area (Å²) in [5, 5.41) is 10.8. The summed E-state index contributed by atoms with van der Waals surface area (Å²) in [6.07, 6.45) is 0. The number of aromatic nitrogens is 3. The molecule has 0 bridgehead atoms. The van der Waals surface area contributed by atoms with Crippen molar-refractivity contribution in [3.05, 3.63) is 69.6 Å². The average Bonchev–Trinajstić information content (AvgIpc) is 3.18. The minimum Gasteiger partial charge on any atom is -0.497 e. The highest BCUT2D eigenvalue weighted by molar-refractivity contribution is 7.98. The van der Waals surface area contributed by atoms with Crippen LogP contribution in [0.25, 0.3) is 22.4 Å². The Kier molecular flexibility index (Phi) is 7.12. The van der Waals surface area contributed by atoms with Gasteiger partial charge in [-0.05, 0) is 71.8 Å². The molecule has 2 heterocycles. The molecule has 178 valence electrons. The van der Waals surface area contributed by atoms with Crippen molar-refractivity contribution >= 4 is 22.7 Å². The van der Waals surface area contributed by atoms with Gasteiger partial charge < -0.3 is 13.7 Å². The van der Waals surface area contributed by atoms with Gasteiger partial charge in [-0.2, -0.15) is 0 Å². The molecule has 0 aliphatic rings. The van der Waals surface area contributed by atoms with E-state index in [9.17, 15) is 4.79 Å². The molecule has 0 fully saturated rings. The van der Waals surface area contributed by atoms with Crippen molar-refractivity contribution in [2.24, 2.45) is 5.92 Å². The molecule has 0 saturated carbocycles.